The summed E-state index contributed by atoms with van der Waals surface area (Å²) in [6, 6.07) is 7.35. The van der Waals surface area contributed by atoms with Crippen molar-refractivity contribution in [2.75, 3.05) is 6.54 Å². The van der Waals surface area contributed by atoms with Gasteiger partial charge in [-0.25, -0.2) is 5.01 Å². The molecule has 2 amide bonds. The van der Waals surface area contributed by atoms with E-state index in [1.807, 2.05) is 34.5 Å². The third kappa shape index (κ3) is 3.48. The Balaban J connectivity index is 1.40. The van der Waals surface area contributed by atoms with Crippen LogP contribution in [-0.4, -0.2) is 46.1 Å². The molecule has 4 heterocycles. The van der Waals surface area contributed by atoms with Crippen LogP contribution in [0.25, 0.3) is 0 Å². The van der Waals surface area contributed by atoms with E-state index in [-0.39, 0.29) is 36.5 Å². The Hall–Kier alpha value is -2.45. The number of hydrazone groups is 1. The predicted molar refractivity (Wildman–Crippen MR) is 114 cm³/mol. The molecule has 8 heteroatoms. The van der Waals surface area contributed by atoms with Crippen LogP contribution in [-0.2, 0) is 9.59 Å². The largest absolute Gasteiger partial charge is 0.467 e. The van der Waals surface area contributed by atoms with Crippen molar-refractivity contribution in [3.63, 3.8) is 0 Å². The summed E-state index contributed by atoms with van der Waals surface area (Å²) >= 11 is 1.61. The fraction of sp³-hybridized carbons (Fsp3) is 0.500. The lowest BCUT2D eigenvalue weighted by Crippen LogP contribution is -2.49. The number of hydrogen-bond donors (Lipinski definition) is 1. The zero-order valence-corrected chi connectivity index (χ0v) is 17.6. The van der Waals surface area contributed by atoms with Gasteiger partial charge in [0.05, 0.1) is 29.4 Å². The first kappa shape index (κ1) is 19.5. The van der Waals surface area contributed by atoms with E-state index < -0.39 is 0 Å². The van der Waals surface area contributed by atoms with Crippen molar-refractivity contribution in [3.8, 4) is 0 Å². The van der Waals surface area contributed by atoms with Crippen molar-refractivity contribution in [3.05, 3.63) is 46.5 Å². The van der Waals surface area contributed by atoms with Crippen molar-refractivity contribution in [1.29, 1.82) is 0 Å². The van der Waals surface area contributed by atoms with Crippen molar-refractivity contribution >= 4 is 28.9 Å². The molecule has 1 saturated carbocycles. The molecule has 2 aliphatic heterocycles. The van der Waals surface area contributed by atoms with Crippen LogP contribution in [0, 0.1) is 5.92 Å². The molecule has 30 heavy (non-hydrogen) atoms. The predicted octanol–water partition coefficient (Wildman–Crippen LogP) is 3.14. The molecule has 0 unspecified atom stereocenters. The number of fused-ring (bicyclic) bond motifs is 1. The average Bonchev–Trinajstić information content (AvgIpc) is 3.53. The molecule has 4 atom stereocenters. The lowest BCUT2D eigenvalue weighted by molar-refractivity contribution is -0.136. The van der Waals surface area contributed by atoms with Gasteiger partial charge >= 0.3 is 0 Å². The smallest absolute Gasteiger partial charge is 0.257 e. The molecule has 3 aliphatic rings. The van der Waals surface area contributed by atoms with E-state index in [2.05, 4.69) is 0 Å². The molecule has 0 bridgehead atoms. The summed E-state index contributed by atoms with van der Waals surface area (Å²) in [5.41, 5.74) is 6.61. The molecule has 5 rings (SSSR count). The summed E-state index contributed by atoms with van der Waals surface area (Å²) in [7, 11) is 0. The number of carbonyl (C=O) groups excluding carboxylic acids is 2. The van der Waals surface area contributed by atoms with Crippen molar-refractivity contribution in [2.45, 2.75) is 56.7 Å². The third-order valence-electron chi connectivity index (χ3n) is 6.71. The van der Waals surface area contributed by atoms with Crippen LogP contribution >= 0.6 is 11.3 Å². The number of carbonyl (C=O) groups is 2. The second kappa shape index (κ2) is 8.00. The Morgan fingerprint density at radius 2 is 2.10 bits per heavy atom. The molecule has 2 fully saturated rings. The minimum absolute atomic E-state index is 0.111. The van der Waals surface area contributed by atoms with Crippen LogP contribution < -0.4 is 5.73 Å². The standard InChI is InChI=1S/C22H26N4O3S/c23-22(28)18-11-14-5-1-2-6-16(14)25(18)13-21(27)26-17(19-7-3-9-29-19)12-15(24-26)20-8-4-10-30-20/h3-4,7-10,14,16-18H,1-2,5-6,11-13H2,(H2,23,28)/t14-,16+,17-,18-/m0/s1. The summed E-state index contributed by atoms with van der Waals surface area (Å²) in [5, 5.41) is 8.26. The monoisotopic (exact) mass is 426 g/mol. The molecular formula is C22H26N4O3S. The first-order valence-electron chi connectivity index (χ1n) is 10.6. The third-order valence-corrected chi connectivity index (χ3v) is 7.63. The topological polar surface area (TPSA) is 92.1 Å². The number of nitrogens with two attached hydrogens (primary N) is 1. The van der Waals surface area contributed by atoms with Gasteiger partial charge in [0.25, 0.3) is 5.91 Å². The Bertz CT molecular complexity index is 940. The zero-order chi connectivity index (χ0) is 20.7. The van der Waals surface area contributed by atoms with Gasteiger partial charge in [-0.15, -0.1) is 11.3 Å². The number of rotatable bonds is 5. The van der Waals surface area contributed by atoms with E-state index in [1.54, 1.807) is 22.6 Å². The van der Waals surface area contributed by atoms with Crippen LogP contribution in [0.2, 0.25) is 0 Å². The second-order valence-electron chi connectivity index (χ2n) is 8.44. The number of nitrogens with zero attached hydrogens (tertiary/aromatic N) is 3. The Kier molecular flexibility index (Phi) is 5.20. The minimum Gasteiger partial charge on any atom is -0.467 e. The maximum Gasteiger partial charge on any atom is 0.257 e. The fourth-order valence-electron chi connectivity index (χ4n) is 5.32. The van der Waals surface area contributed by atoms with Crippen molar-refractivity contribution in [2.24, 2.45) is 16.8 Å². The normalized spacial score (nSPS) is 29.1. The van der Waals surface area contributed by atoms with Crippen LogP contribution in [0.4, 0.5) is 0 Å². The lowest BCUT2D eigenvalue weighted by atomic mass is 9.84. The van der Waals surface area contributed by atoms with Gasteiger partial charge in [-0.2, -0.15) is 5.10 Å². The van der Waals surface area contributed by atoms with E-state index in [1.165, 1.54) is 6.42 Å². The first-order chi connectivity index (χ1) is 14.6. The van der Waals surface area contributed by atoms with Gasteiger partial charge in [-0.05, 0) is 48.8 Å². The molecule has 0 spiro atoms. The number of hydrogen-bond acceptors (Lipinski definition) is 6. The number of thiophene rings is 1. The minimum atomic E-state index is -0.368. The van der Waals surface area contributed by atoms with E-state index in [0.717, 1.165) is 42.0 Å². The highest BCUT2D eigenvalue weighted by molar-refractivity contribution is 7.12. The number of primary amides is 1. The van der Waals surface area contributed by atoms with Gasteiger partial charge in [0, 0.05) is 12.5 Å². The molecule has 2 N–H and O–H groups in total. The van der Waals surface area contributed by atoms with Gasteiger partial charge in [-0.3, -0.25) is 14.5 Å². The molecular weight excluding hydrogens is 400 g/mol. The summed E-state index contributed by atoms with van der Waals surface area (Å²) in [4.78, 5) is 28.7. The molecule has 158 valence electrons. The maximum absolute atomic E-state index is 13.5. The SMILES string of the molecule is NC(=O)[C@@H]1C[C@@H]2CCCC[C@H]2N1CC(=O)N1N=C(c2cccs2)C[C@H]1c1ccco1. The molecule has 2 aromatic heterocycles. The number of amides is 2. The zero-order valence-electron chi connectivity index (χ0n) is 16.8. The quantitative estimate of drug-likeness (QED) is 0.795. The molecule has 1 aliphatic carbocycles. The lowest BCUT2D eigenvalue weighted by Gasteiger charge is -2.33. The van der Waals surface area contributed by atoms with Crippen molar-refractivity contribution < 1.29 is 14.0 Å². The van der Waals surface area contributed by atoms with E-state index in [0.29, 0.717) is 12.3 Å². The van der Waals surface area contributed by atoms with Crippen LogP contribution in [0.1, 0.15) is 55.2 Å². The van der Waals surface area contributed by atoms with Gasteiger partial charge < -0.3 is 10.2 Å². The maximum atomic E-state index is 13.5. The highest BCUT2D eigenvalue weighted by Gasteiger charge is 2.46. The van der Waals surface area contributed by atoms with Gasteiger partial charge in [0.2, 0.25) is 5.91 Å². The number of furan rings is 1. The first-order valence-corrected chi connectivity index (χ1v) is 11.5. The average molecular weight is 427 g/mol. The summed E-state index contributed by atoms with van der Waals surface area (Å²) in [6.07, 6.45) is 7.46. The van der Waals surface area contributed by atoms with E-state index >= 15 is 0 Å². The van der Waals surface area contributed by atoms with E-state index in [9.17, 15) is 9.59 Å². The fourth-order valence-corrected chi connectivity index (χ4v) is 6.04. The highest BCUT2D eigenvalue weighted by atomic mass is 32.1. The Morgan fingerprint density at radius 1 is 1.23 bits per heavy atom. The summed E-state index contributed by atoms with van der Waals surface area (Å²) in [5.74, 6) is 0.736. The van der Waals surface area contributed by atoms with Gasteiger partial charge in [0.15, 0.2) is 0 Å². The summed E-state index contributed by atoms with van der Waals surface area (Å²) in [6.45, 7) is 0.160. The Morgan fingerprint density at radius 3 is 2.83 bits per heavy atom. The molecule has 2 aromatic rings. The summed E-state index contributed by atoms with van der Waals surface area (Å²) < 4.78 is 5.63. The van der Waals surface area contributed by atoms with Crippen LogP contribution in [0.3, 0.4) is 0 Å². The van der Waals surface area contributed by atoms with Crippen LogP contribution in [0.5, 0.6) is 0 Å². The number of likely N-dealkylation sites (tertiary alicyclic amines) is 1. The van der Waals surface area contributed by atoms with Crippen LogP contribution in [0.15, 0.2) is 45.4 Å². The molecule has 0 aromatic carbocycles. The highest BCUT2D eigenvalue weighted by Crippen LogP contribution is 2.40. The van der Waals surface area contributed by atoms with E-state index in [4.69, 9.17) is 15.3 Å². The molecule has 1 saturated heterocycles. The molecule has 0 radical (unpaired) electrons. The van der Waals surface area contributed by atoms with Crippen molar-refractivity contribution in [1.82, 2.24) is 9.91 Å². The molecule has 7 nitrogen and oxygen atoms in total. The Labute approximate surface area is 179 Å². The van der Waals surface area contributed by atoms with Gasteiger partial charge in [0.1, 0.15) is 11.8 Å². The van der Waals surface area contributed by atoms with Gasteiger partial charge in [-0.1, -0.05) is 18.9 Å². The second-order valence-corrected chi connectivity index (χ2v) is 9.38.